The topological polar surface area (TPSA) is 49.3 Å². The van der Waals surface area contributed by atoms with Crippen LogP contribution in [0.5, 0.6) is 0 Å². The summed E-state index contributed by atoms with van der Waals surface area (Å²) in [5, 5.41) is 12.3. The Hall–Kier alpha value is -1.13. The van der Waals surface area contributed by atoms with Crippen molar-refractivity contribution in [1.82, 2.24) is 5.32 Å². The summed E-state index contributed by atoms with van der Waals surface area (Å²) in [5.41, 5.74) is 0.936. The van der Waals surface area contributed by atoms with Gasteiger partial charge in [0.1, 0.15) is 5.82 Å². The highest BCUT2D eigenvalue weighted by molar-refractivity contribution is 5.85. The van der Waals surface area contributed by atoms with E-state index in [1.165, 1.54) is 12.1 Å². The number of hydrogen-bond acceptors (Lipinski definition) is 2. The number of hydrogen-bond donors (Lipinski definition) is 2. The van der Waals surface area contributed by atoms with Gasteiger partial charge in [-0.3, -0.25) is 4.79 Å². The highest BCUT2D eigenvalue weighted by atomic mass is 35.5. The molecule has 2 rings (SSSR count). The van der Waals surface area contributed by atoms with Gasteiger partial charge in [0.15, 0.2) is 0 Å². The van der Waals surface area contributed by atoms with Crippen LogP contribution in [0.15, 0.2) is 24.3 Å². The Kier molecular flexibility index (Phi) is 6.25. The molecule has 2 N–H and O–H groups in total. The van der Waals surface area contributed by atoms with E-state index in [0.29, 0.717) is 5.92 Å². The zero-order chi connectivity index (χ0) is 13.0. The third-order valence-corrected chi connectivity index (χ3v) is 3.65. The number of halogens is 2. The van der Waals surface area contributed by atoms with Crippen molar-refractivity contribution in [2.75, 3.05) is 13.1 Å². The van der Waals surface area contributed by atoms with E-state index in [1.54, 1.807) is 12.1 Å². The van der Waals surface area contributed by atoms with Crippen molar-refractivity contribution in [3.05, 3.63) is 35.6 Å². The molecule has 0 aromatic heterocycles. The third kappa shape index (κ3) is 4.48. The lowest BCUT2D eigenvalue weighted by atomic mass is 9.78. The monoisotopic (exact) mass is 287 g/mol. The molecule has 1 aliphatic rings. The number of nitrogens with one attached hydrogen (secondary N) is 1. The van der Waals surface area contributed by atoms with Gasteiger partial charge in [0.05, 0.1) is 6.42 Å². The molecule has 1 saturated heterocycles. The summed E-state index contributed by atoms with van der Waals surface area (Å²) in [7, 11) is 0. The highest BCUT2D eigenvalue weighted by Gasteiger charge is 2.26. The Balaban J connectivity index is 0.00000180. The van der Waals surface area contributed by atoms with Crippen molar-refractivity contribution in [1.29, 1.82) is 0 Å². The molecular weight excluding hydrogens is 269 g/mol. The summed E-state index contributed by atoms with van der Waals surface area (Å²) in [4.78, 5) is 11.0. The molecule has 0 bridgehead atoms. The minimum absolute atomic E-state index is 0. The fraction of sp³-hybridized carbons (Fsp3) is 0.500. The first-order valence-corrected chi connectivity index (χ1v) is 6.35. The standard InChI is InChI=1S/C14H18FNO2.ClH/c15-12-3-1-10(2-4-12)13(9-14(17)18)11-5-7-16-8-6-11;/h1-4,11,13,16H,5-9H2,(H,17,18);1H. The van der Waals surface area contributed by atoms with Gasteiger partial charge in [0, 0.05) is 0 Å². The van der Waals surface area contributed by atoms with E-state index in [0.717, 1.165) is 31.5 Å². The van der Waals surface area contributed by atoms with Crippen LogP contribution >= 0.6 is 12.4 Å². The Morgan fingerprint density at radius 3 is 2.42 bits per heavy atom. The molecule has 0 spiro atoms. The molecule has 0 saturated carbocycles. The van der Waals surface area contributed by atoms with Crippen LogP contribution in [0, 0.1) is 11.7 Å². The molecule has 1 aromatic rings. The third-order valence-electron chi connectivity index (χ3n) is 3.65. The molecule has 0 radical (unpaired) electrons. The zero-order valence-electron chi connectivity index (χ0n) is 10.6. The largest absolute Gasteiger partial charge is 0.481 e. The number of carbonyl (C=O) groups is 1. The van der Waals surface area contributed by atoms with Crippen molar-refractivity contribution in [2.24, 2.45) is 5.92 Å². The molecule has 1 fully saturated rings. The van der Waals surface area contributed by atoms with Crippen LogP contribution in [0.2, 0.25) is 0 Å². The van der Waals surface area contributed by atoms with E-state index in [-0.39, 0.29) is 30.6 Å². The Morgan fingerprint density at radius 1 is 1.32 bits per heavy atom. The van der Waals surface area contributed by atoms with Gasteiger partial charge in [0.25, 0.3) is 0 Å². The minimum atomic E-state index is -0.789. The first-order valence-electron chi connectivity index (χ1n) is 6.35. The smallest absolute Gasteiger partial charge is 0.303 e. The number of rotatable bonds is 4. The first-order chi connectivity index (χ1) is 8.66. The maximum absolute atomic E-state index is 12.9. The number of carboxylic acids is 1. The van der Waals surface area contributed by atoms with Gasteiger partial charge in [-0.05, 0) is 55.5 Å². The molecule has 1 heterocycles. The van der Waals surface area contributed by atoms with Gasteiger partial charge in [-0.1, -0.05) is 12.1 Å². The number of aliphatic carboxylic acids is 1. The summed E-state index contributed by atoms with van der Waals surface area (Å²) in [6, 6.07) is 6.24. The van der Waals surface area contributed by atoms with Crippen LogP contribution in [0.4, 0.5) is 4.39 Å². The van der Waals surface area contributed by atoms with Crippen LogP contribution in [0.3, 0.4) is 0 Å². The number of benzene rings is 1. The highest BCUT2D eigenvalue weighted by Crippen LogP contribution is 2.33. The van der Waals surface area contributed by atoms with Crippen molar-refractivity contribution in [2.45, 2.75) is 25.2 Å². The molecule has 5 heteroatoms. The van der Waals surface area contributed by atoms with Gasteiger partial charge in [-0.2, -0.15) is 0 Å². The predicted molar refractivity (Wildman–Crippen MR) is 74.2 cm³/mol. The van der Waals surface area contributed by atoms with Crippen molar-refractivity contribution in [3.63, 3.8) is 0 Å². The maximum Gasteiger partial charge on any atom is 0.303 e. The van der Waals surface area contributed by atoms with E-state index in [1.807, 2.05) is 0 Å². The van der Waals surface area contributed by atoms with Crippen molar-refractivity contribution >= 4 is 18.4 Å². The summed E-state index contributed by atoms with van der Waals surface area (Å²) in [6.45, 7) is 1.87. The molecule has 19 heavy (non-hydrogen) atoms. The van der Waals surface area contributed by atoms with Gasteiger partial charge in [0.2, 0.25) is 0 Å². The normalized spacial score (nSPS) is 17.5. The van der Waals surface area contributed by atoms with Gasteiger partial charge < -0.3 is 10.4 Å². The molecular formula is C14H19ClFNO2. The predicted octanol–water partition coefficient (Wildman–Crippen LogP) is 2.81. The van der Waals surface area contributed by atoms with Crippen LogP contribution in [-0.4, -0.2) is 24.2 Å². The number of carboxylic acid groups (broad SMARTS) is 1. The van der Waals surface area contributed by atoms with Crippen molar-refractivity contribution < 1.29 is 14.3 Å². The second-order valence-electron chi connectivity index (χ2n) is 4.84. The maximum atomic E-state index is 12.9. The number of piperidine rings is 1. The molecule has 1 unspecified atom stereocenters. The molecule has 1 aliphatic heterocycles. The van der Waals surface area contributed by atoms with E-state index in [2.05, 4.69) is 5.32 Å². The molecule has 1 atom stereocenters. The minimum Gasteiger partial charge on any atom is -0.481 e. The van der Waals surface area contributed by atoms with Gasteiger partial charge in [-0.15, -0.1) is 12.4 Å². The van der Waals surface area contributed by atoms with Crippen LogP contribution in [0.1, 0.15) is 30.7 Å². The summed E-state index contributed by atoms with van der Waals surface area (Å²) >= 11 is 0. The second kappa shape index (κ2) is 7.46. The Bertz CT molecular complexity index is 404. The first kappa shape index (κ1) is 15.9. The van der Waals surface area contributed by atoms with Gasteiger partial charge >= 0.3 is 5.97 Å². The zero-order valence-corrected chi connectivity index (χ0v) is 11.5. The fourth-order valence-corrected chi connectivity index (χ4v) is 2.70. The molecule has 0 amide bonds. The van der Waals surface area contributed by atoms with Crippen LogP contribution in [0.25, 0.3) is 0 Å². The van der Waals surface area contributed by atoms with Crippen molar-refractivity contribution in [3.8, 4) is 0 Å². The molecule has 1 aromatic carbocycles. The lowest BCUT2D eigenvalue weighted by molar-refractivity contribution is -0.137. The molecule has 3 nitrogen and oxygen atoms in total. The summed E-state index contributed by atoms with van der Waals surface area (Å²) < 4.78 is 12.9. The van der Waals surface area contributed by atoms with E-state index in [9.17, 15) is 9.18 Å². The average Bonchev–Trinajstić information content (AvgIpc) is 2.38. The van der Waals surface area contributed by atoms with Gasteiger partial charge in [-0.25, -0.2) is 4.39 Å². The van der Waals surface area contributed by atoms with Crippen LogP contribution in [-0.2, 0) is 4.79 Å². The quantitative estimate of drug-likeness (QED) is 0.895. The Morgan fingerprint density at radius 2 is 1.89 bits per heavy atom. The summed E-state index contributed by atoms with van der Waals surface area (Å²) in [6.07, 6.45) is 2.08. The lowest BCUT2D eigenvalue weighted by Crippen LogP contribution is -2.31. The van der Waals surface area contributed by atoms with E-state index < -0.39 is 5.97 Å². The fourth-order valence-electron chi connectivity index (χ4n) is 2.70. The SMILES string of the molecule is Cl.O=C(O)CC(c1ccc(F)cc1)C1CCNCC1. The van der Waals surface area contributed by atoms with E-state index >= 15 is 0 Å². The second-order valence-corrected chi connectivity index (χ2v) is 4.84. The Labute approximate surface area is 118 Å². The van der Waals surface area contributed by atoms with Crippen LogP contribution < -0.4 is 5.32 Å². The lowest BCUT2D eigenvalue weighted by Gasteiger charge is -2.30. The summed E-state index contributed by atoms with van der Waals surface area (Å²) in [5.74, 6) is -0.709. The molecule has 0 aliphatic carbocycles. The van der Waals surface area contributed by atoms with E-state index in [4.69, 9.17) is 5.11 Å². The molecule has 106 valence electrons. The average molecular weight is 288 g/mol.